The normalized spacial score (nSPS) is 14.4. The molecule has 1 aromatic carbocycles. The van der Waals surface area contributed by atoms with Crippen molar-refractivity contribution >= 4 is 0 Å². The standard InChI is InChI=1S/C17H29NO/c1-6-9-16(19-8-3)17(18-7-2)15-11-13(4)10-14(5)12-15/h10-12,16-18H,6-9H2,1-5H3. The Morgan fingerprint density at radius 3 is 2.16 bits per heavy atom. The van der Waals surface area contributed by atoms with Crippen molar-refractivity contribution in [2.45, 2.75) is 59.6 Å². The van der Waals surface area contributed by atoms with Gasteiger partial charge in [-0.2, -0.15) is 0 Å². The van der Waals surface area contributed by atoms with Crippen LogP contribution in [0.3, 0.4) is 0 Å². The molecule has 0 fully saturated rings. The number of ether oxygens (including phenoxy) is 1. The molecule has 2 nitrogen and oxygen atoms in total. The molecule has 0 amide bonds. The van der Waals surface area contributed by atoms with Crippen molar-refractivity contribution in [2.75, 3.05) is 13.2 Å². The van der Waals surface area contributed by atoms with Crippen LogP contribution in [0.25, 0.3) is 0 Å². The Morgan fingerprint density at radius 2 is 1.68 bits per heavy atom. The third-order valence-corrected chi connectivity index (χ3v) is 3.35. The molecule has 0 saturated heterocycles. The van der Waals surface area contributed by atoms with Gasteiger partial charge in [0.15, 0.2) is 0 Å². The summed E-state index contributed by atoms with van der Waals surface area (Å²) in [4.78, 5) is 0. The van der Waals surface area contributed by atoms with Crippen molar-refractivity contribution in [3.05, 3.63) is 34.9 Å². The Labute approximate surface area is 118 Å². The van der Waals surface area contributed by atoms with Gasteiger partial charge in [-0.15, -0.1) is 0 Å². The van der Waals surface area contributed by atoms with Gasteiger partial charge in [0, 0.05) is 6.61 Å². The van der Waals surface area contributed by atoms with E-state index in [0.717, 1.165) is 26.0 Å². The average Bonchev–Trinajstić information content (AvgIpc) is 2.34. The number of rotatable bonds is 8. The fourth-order valence-corrected chi connectivity index (χ4v) is 2.72. The zero-order valence-electron chi connectivity index (χ0n) is 13.1. The molecule has 0 aromatic heterocycles. The molecule has 1 aromatic rings. The minimum absolute atomic E-state index is 0.260. The molecular formula is C17H29NO. The van der Waals surface area contributed by atoms with Gasteiger partial charge in [-0.3, -0.25) is 0 Å². The van der Waals surface area contributed by atoms with Crippen molar-refractivity contribution in [1.82, 2.24) is 5.32 Å². The van der Waals surface area contributed by atoms with Gasteiger partial charge in [0.05, 0.1) is 12.1 Å². The number of hydrogen-bond donors (Lipinski definition) is 1. The van der Waals surface area contributed by atoms with Crippen molar-refractivity contribution in [2.24, 2.45) is 0 Å². The van der Waals surface area contributed by atoms with E-state index in [0.29, 0.717) is 6.04 Å². The SMILES string of the molecule is CCCC(OCC)C(NCC)c1cc(C)cc(C)c1. The van der Waals surface area contributed by atoms with Gasteiger partial charge in [0.1, 0.15) is 0 Å². The summed E-state index contributed by atoms with van der Waals surface area (Å²) in [5.74, 6) is 0. The van der Waals surface area contributed by atoms with Crippen LogP contribution in [0.1, 0.15) is 56.3 Å². The van der Waals surface area contributed by atoms with Crippen LogP contribution in [0.5, 0.6) is 0 Å². The first kappa shape index (κ1) is 16.2. The van der Waals surface area contributed by atoms with Crippen LogP contribution < -0.4 is 5.32 Å². The maximum Gasteiger partial charge on any atom is 0.0769 e. The molecule has 0 heterocycles. The van der Waals surface area contributed by atoms with Crippen molar-refractivity contribution in [3.8, 4) is 0 Å². The summed E-state index contributed by atoms with van der Waals surface area (Å²) < 4.78 is 5.97. The molecule has 2 atom stereocenters. The lowest BCUT2D eigenvalue weighted by Crippen LogP contribution is -2.34. The fraction of sp³-hybridized carbons (Fsp3) is 0.647. The van der Waals surface area contributed by atoms with Gasteiger partial charge in [0.25, 0.3) is 0 Å². The lowest BCUT2D eigenvalue weighted by Gasteiger charge is -2.28. The first-order valence-electron chi connectivity index (χ1n) is 7.55. The highest BCUT2D eigenvalue weighted by Crippen LogP contribution is 2.24. The zero-order chi connectivity index (χ0) is 14.3. The topological polar surface area (TPSA) is 21.3 Å². The van der Waals surface area contributed by atoms with Gasteiger partial charge >= 0.3 is 0 Å². The Hall–Kier alpha value is -0.860. The van der Waals surface area contributed by atoms with E-state index in [1.807, 2.05) is 0 Å². The van der Waals surface area contributed by atoms with E-state index in [1.165, 1.54) is 16.7 Å². The zero-order valence-corrected chi connectivity index (χ0v) is 13.1. The number of benzene rings is 1. The molecule has 1 rings (SSSR count). The first-order valence-corrected chi connectivity index (χ1v) is 7.55. The summed E-state index contributed by atoms with van der Waals surface area (Å²) in [7, 11) is 0. The van der Waals surface area contributed by atoms with E-state index < -0.39 is 0 Å². The van der Waals surface area contributed by atoms with E-state index in [9.17, 15) is 0 Å². The molecule has 2 heteroatoms. The predicted octanol–water partition coefficient (Wildman–Crippen LogP) is 4.16. The molecule has 0 bridgehead atoms. The number of aryl methyl sites for hydroxylation is 2. The molecule has 0 spiro atoms. The van der Waals surface area contributed by atoms with Crippen molar-refractivity contribution < 1.29 is 4.74 Å². The monoisotopic (exact) mass is 263 g/mol. The van der Waals surface area contributed by atoms with E-state index in [2.05, 4.69) is 58.1 Å². The highest BCUT2D eigenvalue weighted by atomic mass is 16.5. The molecule has 0 radical (unpaired) electrons. The molecule has 0 aliphatic heterocycles. The lowest BCUT2D eigenvalue weighted by atomic mass is 9.95. The predicted molar refractivity (Wildman–Crippen MR) is 82.7 cm³/mol. The Balaban J connectivity index is 3.01. The minimum Gasteiger partial charge on any atom is -0.377 e. The van der Waals surface area contributed by atoms with E-state index in [1.54, 1.807) is 0 Å². The van der Waals surface area contributed by atoms with Crippen LogP contribution in [-0.2, 0) is 4.74 Å². The number of nitrogens with one attached hydrogen (secondary N) is 1. The van der Waals surface area contributed by atoms with Crippen LogP contribution >= 0.6 is 0 Å². The van der Waals surface area contributed by atoms with E-state index in [4.69, 9.17) is 4.74 Å². The Kier molecular flexibility index (Phi) is 7.11. The first-order chi connectivity index (χ1) is 9.12. The molecule has 1 N–H and O–H groups in total. The second-order valence-electron chi connectivity index (χ2n) is 5.24. The number of hydrogen-bond acceptors (Lipinski definition) is 2. The molecule has 108 valence electrons. The molecular weight excluding hydrogens is 234 g/mol. The highest BCUT2D eigenvalue weighted by molar-refractivity contribution is 5.31. The van der Waals surface area contributed by atoms with Crippen LogP contribution in [0.2, 0.25) is 0 Å². The minimum atomic E-state index is 0.260. The lowest BCUT2D eigenvalue weighted by molar-refractivity contribution is 0.0280. The third kappa shape index (κ3) is 4.96. The summed E-state index contributed by atoms with van der Waals surface area (Å²) in [6.45, 7) is 12.5. The molecule has 0 saturated carbocycles. The van der Waals surface area contributed by atoms with E-state index >= 15 is 0 Å². The summed E-state index contributed by atoms with van der Waals surface area (Å²) in [5, 5.41) is 3.60. The van der Waals surface area contributed by atoms with Crippen LogP contribution in [-0.4, -0.2) is 19.3 Å². The van der Waals surface area contributed by atoms with Gasteiger partial charge in [-0.1, -0.05) is 49.6 Å². The third-order valence-electron chi connectivity index (χ3n) is 3.35. The summed E-state index contributed by atoms with van der Waals surface area (Å²) in [6, 6.07) is 7.08. The maximum absolute atomic E-state index is 5.97. The summed E-state index contributed by atoms with van der Waals surface area (Å²) in [6.07, 6.45) is 2.51. The summed E-state index contributed by atoms with van der Waals surface area (Å²) in [5.41, 5.74) is 4.00. The van der Waals surface area contributed by atoms with Gasteiger partial charge in [-0.25, -0.2) is 0 Å². The van der Waals surface area contributed by atoms with Crippen LogP contribution in [0.4, 0.5) is 0 Å². The maximum atomic E-state index is 5.97. The molecule has 2 unspecified atom stereocenters. The molecule has 0 aliphatic rings. The van der Waals surface area contributed by atoms with Gasteiger partial charge in [-0.05, 0) is 39.3 Å². The van der Waals surface area contributed by atoms with Gasteiger partial charge < -0.3 is 10.1 Å². The Morgan fingerprint density at radius 1 is 1.05 bits per heavy atom. The highest BCUT2D eigenvalue weighted by Gasteiger charge is 2.22. The Bertz CT molecular complexity index is 349. The summed E-state index contributed by atoms with van der Waals surface area (Å²) >= 11 is 0. The smallest absolute Gasteiger partial charge is 0.0769 e. The van der Waals surface area contributed by atoms with Crippen LogP contribution in [0.15, 0.2) is 18.2 Å². The van der Waals surface area contributed by atoms with E-state index in [-0.39, 0.29) is 6.10 Å². The van der Waals surface area contributed by atoms with Crippen molar-refractivity contribution in [3.63, 3.8) is 0 Å². The largest absolute Gasteiger partial charge is 0.377 e. The van der Waals surface area contributed by atoms with Crippen molar-refractivity contribution in [1.29, 1.82) is 0 Å². The fourth-order valence-electron chi connectivity index (χ4n) is 2.72. The molecule has 0 aliphatic carbocycles. The molecule has 19 heavy (non-hydrogen) atoms. The second-order valence-corrected chi connectivity index (χ2v) is 5.24. The average molecular weight is 263 g/mol. The number of likely N-dealkylation sites (N-methyl/N-ethyl adjacent to an activating group) is 1. The van der Waals surface area contributed by atoms with Gasteiger partial charge in [0.2, 0.25) is 0 Å². The van der Waals surface area contributed by atoms with Crippen LogP contribution in [0, 0.1) is 13.8 Å². The quantitative estimate of drug-likeness (QED) is 0.760. The second kappa shape index (κ2) is 8.34.